The van der Waals surface area contributed by atoms with Gasteiger partial charge >= 0.3 is 0 Å². The quantitative estimate of drug-likeness (QED) is 0.831. The lowest BCUT2D eigenvalue weighted by molar-refractivity contribution is 0.112. The van der Waals surface area contributed by atoms with Crippen LogP contribution in [-0.4, -0.2) is 22.3 Å². The van der Waals surface area contributed by atoms with Crippen molar-refractivity contribution in [1.82, 2.24) is 9.97 Å². The molecule has 0 saturated heterocycles. The molecule has 1 aromatic heterocycles. The number of nitrogens with zero attached hydrogens (tertiary/aromatic N) is 2. The largest absolute Gasteiger partial charge is 0.382 e. The van der Waals surface area contributed by atoms with Gasteiger partial charge in [-0.1, -0.05) is 0 Å². The molecular formula is C14H13N3O. The molecule has 4 nitrogen and oxygen atoms in total. The average molecular weight is 239 g/mol. The van der Waals surface area contributed by atoms with E-state index in [0.717, 1.165) is 24.1 Å². The second kappa shape index (κ2) is 4.56. The van der Waals surface area contributed by atoms with Crippen LogP contribution in [0.15, 0.2) is 42.9 Å². The smallest absolute Gasteiger partial charge is 0.150 e. The highest BCUT2D eigenvalue weighted by Gasteiger charge is 2.39. The summed E-state index contributed by atoms with van der Waals surface area (Å²) in [6.45, 7) is 0. The molecule has 0 bridgehead atoms. The van der Waals surface area contributed by atoms with Crippen molar-refractivity contribution in [3.63, 3.8) is 0 Å². The molecule has 0 spiro atoms. The second-order valence-corrected chi connectivity index (χ2v) is 4.47. The zero-order chi connectivity index (χ0) is 12.4. The minimum Gasteiger partial charge on any atom is -0.382 e. The third-order valence-corrected chi connectivity index (χ3v) is 3.17. The third-order valence-electron chi connectivity index (χ3n) is 3.17. The first-order valence-electron chi connectivity index (χ1n) is 5.94. The van der Waals surface area contributed by atoms with Crippen LogP contribution >= 0.6 is 0 Å². The van der Waals surface area contributed by atoms with Crippen molar-refractivity contribution in [3.8, 4) is 0 Å². The molecule has 1 fully saturated rings. The number of hydrogen-bond donors (Lipinski definition) is 1. The summed E-state index contributed by atoms with van der Waals surface area (Å²) in [6.07, 6.45) is 5.30. The fourth-order valence-corrected chi connectivity index (χ4v) is 2.07. The number of hydrogen-bond acceptors (Lipinski definition) is 4. The van der Waals surface area contributed by atoms with Crippen molar-refractivity contribution >= 4 is 12.0 Å². The standard InChI is InChI=1S/C14H13N3O/c18-8-10-1-3-11(4-2-10)17-14-7-12(14)13-5-6-15-9-16-13/h1-6,8-9,12,14,17H,7H2. The molecular weight excluding hydrogens is 226 g/mol. The van der Waals surface area contributed by atoms with E-state index in [0.29, 0.717) is 17.5 Å². The van der Waals surface area contributed by atoms with Crippen molar-refractivity contribution in [2.24, 2.45) is 0 Å². The van der Waals surface area contributed by atoms with Crippen LogP contribution in [0.3, 0.4) is 0 Å². The van der Waals surface area contributed by atoms with E-state index in [1.165, 1.54) is 0 Å². The van der Waals surface area contributed by atoms with E-state index in [1.54, 1.807) is 12.5 Å². The van der Waals surface area contributed by atoms with Gasteiger partial charge in [0, 0.05) is 35.1 Å². The van der Waals surface area contributed by atoms with Gasteiger partial charge in [-0.25, -0.2) is 9.97 Å². The number of rotatable bonds is 4. The number of aldehydes is 1. The van der Waals surface area contributed by atoms with Gasteiger partial charge in [0.15, 0.2) is 0 Å². The van der Waals surface area contributed by atoms with Crippen LogP contribution in [0.25, 0.3) is 0 Å². The first kappa shape index (κ1) is 10.9. The van der Waals surface area contributed by atoms with E-state index >= 15 is 0 Å². The minimum absolute atomic E-state index is 0.432. The molecule has 2 atom stereocenters. The van der Waals surface area contributed by atoms with Crippen molar-refractivity contribution in [1.29, 1.82) is 0 Å². The van der Waals surface area contributed by atoms with Crippen LogP contribution in [0.5, 0.6) is 0 Å². The molecule has 1 aliphatic carbocycles. The summed E-state index contributed by atoms with van der Waals surface area (Å²) >= 11 is 0. The Morgan fingerprint density at radius 1 is 1.22 bits per heavy atom. The van der Waals surface area contributed by atoms with Crippen LogP contribution in [0.2, 0.25) is 0 Å². The van der Waals surface area contributed by atoms with Crippen molar-refractivity contribution in [3.05, 3.63) is 54.1 Å². The summed E-state index contributed by atoms with van der Waals surface area (Å²) in [6, 6.07) is 9.89. The van der Waals surface area contributed by atoms with Gasteiger partial charge < -0.3 is 5.32 Å². The van der Waals surface area contributed by atoms with Gasteiger partial charge in [0.05, 0.1) is 0 Å². The molecule has 1 saturated carbocycles. The van der Waals surface area contributed by atoms with E-state index < -0.39 is 0 Å². The Morgan fingerprint density at radius 2 is 2.06 bits per heavy atom. The third kappa shape index (κ3) is 2.22. The molecule has 0 radical (unpaired) electrons. The summed E-state index contributed by atoms with van der Waals surface area (Å²) in [5, 5.41) is 3.44. The number of carbonyl (C=O) groups excluding carboxylic acids is 1. The van der Waals surface area contributed by atoms with Gasteiger partial charge in [-0.05, 0) is 36.8 Å². The van der Waals surface area contributed by atoms with Crippen LogP contribution in [-0.2, 0) is 0 Å². The van der Waals surface area contributed by atoms with Gasteiger partial charge in [0.25, 0.3) is 0 Å². The zero-order valence-electron chi connectivity index (χ0n) is 9.78. The van der Waals surface area contributed by atoms with Crippen LogP contribution in [0.1, 0.15) is 28.4 Å². The fourth-order valence-electron chi connectivity index (χ4n) is 2.07. The fraction of sp³-hybridized carbons (Fsp3) is 0.214. The number of benzene rings is 1. The summed E-state index contributed by atoms with van der Waals surface area (Å²) in [7, 11) is 0. The summed E-state index contributed by atoms with van der Waals surface area (Å²) in [4.78, 5) is 18.7. The molecule has 90 valence electrons. The van der Waals surface area contributed by atoms with E-state index in [4.69, 9.17) is 0 Å². The number of carbonyl (C=O) groups is 1. The van der Waals surface area contributed by atoms with E-state index in [1.807, 2.05) is 30.3 Å². The van der Waals surface area contributed by atoms with Gasteiger partial charge in [-0.2, -0.15) is 0 Å². The molecule has 1 aliphatic rings. The Morgan fingerprint density at radius 3 is 2.72 bits per heavy atom. The Bertz CT molecular complexity index is 539. The Labute approximate surface area is 105 Å². The number of aromatic nitrogens is 2. The number of nitrogens with one attached hydrogen (secondary N) is 1. The first-order chi connectivity index (χ1) is 8.86. The van der Waals surface area contributed by atoms with Crippen LogP contribution < -0.4 is 5.32 Å². The lowest BCUT2D eigenvalue weighted by Gasteiger charge is -2.05. The molecule has 2 unspecified atom stereocenters. The zero-order valence-corrected chi connectivity index (χ0v) is 9.78. The average Bonchev–Trinajstić information content (AvgIpc) is 3.20. The summed E-state index contributed by atoms with van der Waals surface area (Å²) in [5.74, 6) is 0.471. The van der Waals surface area contributed by atoms with E-state index in [9.17, 15) is 4.79 Å². The van der Waals surface area contributed by atoms with Gasteiger partial charge in [-0.3, -0.25) is 4.79 Å². The highest BCUT2D eigenvalue weighted by molar-refractivity contribution is 5.75. The van der Waals surface area contributed by atoms with Gasteiger partial charge in [-0.15, -0.1) is 0 Å². The first-order valence-corrected chi connectivity index (χ1v) is 5.94. The van der Waals surface area contributed by atoms with Gasteiger partial charge in [0.1, 0.15) is 12.6 Å². The summed E-state index contributed by atoms with van der Waals surface area (Å²) in [5.41, 5.74) is 2.83. The molecule has 1 heterocycles. The monoisotopic (exact) mass is 239 g/mol. The maximum atomic E-state index is 10.6. The van der Waals surface area contributed by atoms with E-state index in [2.05, 4.69) is 15.3 Å². The number of anilines is 1. The Hall–Kier alpha value is -2.23. The maximum absolute atomic E-state index is 10.6. The van der Waals surface area contributed by atoms with Crippen molar-refractivity contribution in [2.45, 2.75) is 18.4 Å². The molecule has 3 rings (SSSR count). The minimum atomic E-state index is 0.432. The Kier molecular flexibility index (Phi) is 2.76. The molecule has 0 aliphatic heterocycles. The maximum Gasteiger partial charge on any atom is 0.150 e. The highest BCUT2D eigenvalue weighted by atomic mass is 16.1. The second-order valence-electron chi connectivity index (χ2n) is 4.47. The molecule has 2 aromatic rings. The molecule has 4 heteroatoms. The van der Waals surface area contributed by atoms with Crippen LogP contribution in [0, 0.1) is 0 Å². The predicted octanol–water partition coefficient (Wildman–Crippen LogP) is 2.26. The molecule has 18 heavy (non-hydrogen) atoms. The van der Waals surface area contributed by atoms with E-state index in [-0.39, 0.29) is 0 Å². The van der Waals surface area contributed by atoms with Crippen molar-refractivity contribution < 1.29 is 4.79 Å². The van der Waals surface area contributed by atoms with Crippen molar-refractivity contribution in [2.75, 3.05) is 5.32 Å². The summed E-state index contributed by atoms with van der Waals surface area (Å²) < 4.78 is 0. The highest BCUT2D eigenvalue weighted by Crippen LogP contribution is 2.41. The molecule has 0 amide bonds. The van der Waals surface area contributed by atoms with Crippen LogP contribution in [0.4, 0.5) is 5.69 Å². The normalized spacial score (nSPS) is 21.3. The topological polar surface area (TPSA) is 54.9 Å². The molecule has 1 aromatic carbocycles. The lowest BCUT2D eigenvalue weighted by atomic mass is 10.2. The van der Waals surface area contributed by atoms with Gasteiger partial charge in [0.2, 0.25) is 0 Å². The predicted molar refractivity (Wildman–Crippen MR) is 68.6 cm³/mol. The lowest BCUT2D eigenvalue weighted by Crippen LogP contribution is -2.04. The Balaban J connectivity index is 1.63. The molecule has 1 N–H and O–H groups in total. The SMILES string of the molecule is O=Cc1ccc(NC2CC2c2ccncn2)cc1.